The Hall–Kier alpha value is -1.83. The summed E-state index contributed by atoms with van der Waals surface area (Å²) in [4.78, 5) is 37.3. The molecule has 1 atom stereocenters. The summed E-state index contributed by atoms with van der Waals surface area (Å²) in [5.74, 6) is 1.56. The molecule has 4 amide bonds. The lowest BCUT2D eigenvalue weighted by atomic mass is 9.81. The van der Waals surface area contributed by atoms with Crippen molar-refractivity contribution in [1.82, 2.24) is 10.2 Å². The Morgan fingerprint density at radius 1 is 1.39 bits per heavy atom. The van der Waals surface area contributed by atoms with Gasteiger partial charge in [0.1, 0.15) is 11.5 Å². The van der Waals surface area contributed by atoms with Gasteiger partial charge in [-0.3, -0.25) is 14.9 Å². The van der Waals surface area contributed by atoms with Gasteiger partial charge in [0.15, 0.2) is 0 Å². The zero-order valence-electron chi connectivity index (χ0n) is 10.4. The van der Waals surface area contributed by atoms with Crippen LogP contribution in [0, 0.1) is 17.8 Å². The van der Waals surface area contributed by atoms with E-state index < -0.39 is 29.3 Å². The molecule has 1 unspecified atom stereocenters. The fourth-order valence-electron chi connectivity index (χ4n) is 2.77. The number of rotatable bonds is 2. The van der Waals surface area contributed by atoms with Crippen LogP contribution in [0.4, 0.5) is 4.79 Å². The van der Waals surface area contributed by atoms with Gasteiger partial charge in [-0.25, -0.2) is 9.69 Å². The first kappa shape index (κ1) is 12.6. The minimum Gasteiger partial charge on any atom is -0.277 e. The Morgan fingerprint density at radius 2 is 2.00 bits per heavy atom. The normalized spacial score (nSPS) is 24.0. The highest BCUT2D eigenvalue weighted by molar-refractivity contribution is 6.19. The Balaban J connectivity index is 2.37. The summed E-state index contributed by atoms with van der Waals surface area (Å²) < 4.78 is 0. The molecule has 1 N–H and O–H groups in total. The van der Waals surface area contributed by atoms with E-state index in [1.165, 1.54) is 0 Å². The predicted molar refractivity (Wildman–Crippen MR) is 64.2 cm³/mol. The van der Waals surface area contributed by atoms with Crippen molar-refractivity contribution in [3.05, 3.63) is 0 Å². The first-order valence-corrected chi connectivity index (χ1v) is 6.22. The van der Waals surface area contributed by atoms with E-state index in [1.54, 1.807) is 0 Å². The molecule has 0 bridgehead atoms. The molecule has 18 heavy (non-hydrogen) atoms. The van der Waals surface area contributed by atoms with Crippen LogP contribution in [0.3, 0.4) is 0 Å². The monoisotopic (exact) mass is 248 g/mol. The summed E-state index contributed by atoms with van der Waals surface area (Å²) in [7, 11) is 0. The van der Waals surface area contributed by atoms with Crippen molar-refractivity contribution in [3.63, 3.8) is 0 Å². The molecule has 2 aliphatic rings. The number of terminal acetylenes is 1. The van der Waals surface area contributed by atoms with E-state index in [2.05, 4.69) is 11.2 Å². The first-order chi connectivity index (χ1) is 8.56. The molecular formula is C13H16N2O3. The SMILES string of the molecule is C#CC(CC)N1C(=O)NC(=O)C2(CCCC2)C1=O. The molecule has 96 valence electrons. The molecular weight excluding hydrogens is 232 g/mol. The van der Waals surface area contributed by atoms with Crippen LogP contribution in [0.25, 0.3) is 0 Å². The van der Waals surface area contributed by atoms with Gasteiger partial charge in [-0.2, -0.15) is 0 Å². The second-order valence-corrected chi connectivity index (χ2v) is 4.81. The summed E-state index contributed by atoms with van der Waals surface area (Å²) in [5, 5.41) is 2.27. The fraction of sp³-hybridized carbons (Fsp3) is 0.615. The number of amides is 4. The molecule has 1 saturated carbocycles. The van der Waals surface area contributed by atoms with Gasteiger partial charge in [-0.1, -0.05) is 25.7 Å². The molecule has 2 fully saturated rings. The molecule has 5 nitrogen and oxygen atoms in total. The maximum atomic E-state index is 12.5. The second kappa shape index (κ2) is 4.45. The van der Waals surface area contributed by atoms with Gasteiger partial charge < -0.3 is 0 Å². The molecule has 5 heteroatoms. The minimum atomic E-state index is -1.06. The number of nitrogens with one attached hydrogen (secondary N) is 1. The van der Waals surface area contributed by atoms with Crippen molar-refractivity contribution in [2.75, 3.05) is 0 Å². The molecule has 1 saturated heterocycles. The van der Waals surface area contributed by atoms with E-state index in [-0.39, 0.29) is 0 Å². The third-order valence-electron chi connectivity index (χ3n) is 3.85. The minimum absolute atomic E-state index is 0.418. The van der Waals surface area contributed by atoms with Crippen LogP contribution in [0.2, 0.25) is 0 Å². The Bertz CT molecular complexity index is 444. The van der Waals surface area contributed by atoms with Gasteiger partial charge in [-0.05, 0) is 19.3 Å². The third-order valence-corrected chi connectivity index (χ3v) is 3.85. The maximum absolute atomic E-state index is 12.5. The lowest BCUT2D eigenvalue weighted by Crippen LogP contribution is -2.65. The van der Waals surface area contributed by atoms with Crippen LogP contribution < -0.4 is 5.32 Å². The predicted octanol–water partition coefficient (Wildman–Crippen LogP) is 1.04. The highest BCUT2D eigenvalue weighted by atomic mass is 16.2. The summed E-state index contributed by atoms with van der Waals surface area (Å²) in [6.07, 6.45) is 8.50. The van der Waals surface area contributed by atoms with Gasteiger partial charge in [-0.15, -0.1) is 6.42 Å². The van der Waals surface area contributed by atoms with E-state index in [1.807, 2.05) is 6.92 Å². The average Bonchev–Trinajstić information content (AvgIpc) is 2.83. The lowest BCUT2D eigenvalue weighted by molar-refractivity contribution is -0.151. The number of urea groups is 1. The maximum Gasteiger partial charge on any atom is 0.331 e. The molecule has 1 aliphatic heterocycles. The van der Waals surface area contributed by atoms with E-state index in [0.29, 0.717) is 19.3 Å². The largest absolute Gasteiger partial charge is 0.331 e. The van der Waals surface area contributed by atoms with E-state index >= 15 is 0 Å². The van der Waals surface area contributed by atoms with Crippen molar-refractivity contribution in [3.8, 4) is 12.3 Å². The van der Waals surface area contributed by atoms with Crippen molar-refractivity contribution >= 4 is 17.8 Å². The summed E-state index contributed by atoms with van der Waals surface area (Å²) in [6.45, 7) is 1.81. The van der Waals surface area contributed by atoms with E-state index in [0.717, 1.165) is 17.7 Å². The zero-order chi connectivity index (χ0) is 13.3. The smallest absolute Gasteiger partial charge is 0.277 e. The number of carbonyl (C=O) groups is 3. The number of imide groups is 2. The van der Waals surface area contributed by atoms with Gasteiger partial charge >= 0.3 is 6.03 Å². The molecule has 0 radical (unpaired) electrons. The van der Waals surface area contributed by atoms with Gasteiger partial charge in [0.25, 0.3) is 0 Å². The van der Waals surface area contributed by atoms with Crippen LogP contribution in [0.5, 0.6) is 0 Å². The average molecular weight is 248 g/mol. The number of hydrogen-bond acceptors (Lipinski definition) is 3. The molecule has 0 aromatic rings. The molecule has 2 rings (SSSR count). The Kier molecular flexibility index (Phi) is 3.12. The van der Waals surface area contributed by atoms with E-state index in [4.69, 9.17) is 6.42 Å². The first-order valence-electron chi connectivity index (χ1n) is 6.22. The highest BCUT2D eigenvalue weighted by Gasteiger charge is 2.55. The number of barbiturate groups is 1. The standard InChI is InChI=1S/C13H16N2O3/c1-3-9(4-2)15-11(17)13(7-5-6-8-13)10(16)14-12(15)18/h1,9H,4-8H2,2H3,(H,14,16,18). The van der Waals surface area contributed by atoms with Crippen LogP contribution in [-0.4, -0.2) is 28.8 Å². The van der Waals surface area contributed by atoms with E-state index in [9.17, 15) is 14.4 Å². The third kappa shape index (κ3) is 1.60. The van der Waals surface area contributed by atoms with Gasteiger partial charge in [0, 0.05) is 0 Å². The van der Waals surface area contributed by atoms with Crippen LogP contribution in [-0.2, 0) is 9.59 Å². The number of carbonyl (C=O) groups excluding carboxylic acids is 3. The van der Waals surface area contributed by atoms with Crippen LogP contribution >= 0.6 is 0 Å². The fourth-order valence-corrected chi connectivity index (χ4v) is 2.77. The molecule has 1 aliphatic carbocycles. The molecule has 1 spiro atoms. The molecule has 1 heterocycles. The summed E-state index contributed by atoms with van der Waals surface area (Å²) in [5.41, 5.74) is -1.06. The number of nitrogens with zero attached hydrogens (tertiary/aromatic N) is 1. The summed E-state index contributed by atoms with van der Waals surface area (Å²) >= 11 is 0. The topological polar surface area (TPSA) is 66.5 Å². The van der Waals surface area contributed by atoms with Gasteiger partial charge in [0.2, 0.25) is 11.8 Å². The quantitative estimate of drug-likeness (QED) is 0.586. The summed E-state index contributed by atoms with van der Waals surface area (Å²) in [6, 6.07) is -1.27. The van der Waals surface area contributed by atoms with Gasteiger partial charge in [0.05, 0.1) is 0 Å². The van der Waals surface area contributed by atoms with Crippen molar-refractivity contribution in [2.24, 2.45) is 5.41 Å². The van der Waals surface area contributed by atoms with Crippen molar-refractivity contribution < 1.29 is 14.4 Å². The lowest BCUT2D eigenvalue weighted by Gasteiger charge is -2.38. The molecule has 0 aromatic carbocycles. The zero-order valence-corrected chi connectivity index (χ0v) is 10.4. The van der Waals surface area contributed by atoms with Crippen LogP contribution in [0.1, 0.15) is 39.0 Å². The molecule has 0 aromatic heterocycles. The highest BCUT2D eigenvalue weighted by Crippen LogP contribution is 2.42. The van der Waals surface area contributed by atoms with Crippen molar-refractivity contribution in [2.45, 2.75) is 45.1 Å². The van der Waals surface area contributed by atoms with Crippen molar-refractivity contribution in [1.29, 1.82) is 0 Å². The Morgan fingerprint density at radius 3 is 2.50 bits per heavy atom. The Labute approximate surface area is 106 Å². The number of hydrogen-bond donors (Lipinski definition) is 1. The van der Waals surface area contributed by atoms with Crippen LogP contribution in [0.15, 0.2) is 0 Å². The second-order valence-electron chi connectivity index (χ2n) is 4.81.